The maximum atomic E-state index is 12.7. The van der Waals surface area contributed by atoms with Crippen LogP contribution in [-0.2, 0) is 25.5 Å². The van der Waals surface area contributed by atoms with E-state index in [-0.39, 0.29) is 13.2 Å². The third-order valence-corrected chi connectivity index (χ3v) is 2.62. The van der Waals surface area contributed by atoms with Crippen molar-refractivity contribution < 1.29 is 36.6 Å². The van der Waals surface area contributed by atoms with Crippen LogP contribution < -0.4 is 0 Å². The van der Waals surface area contributed by atoms with Crippen LogP contribution in [0.1, 0.15) is 31.2 Å². The third-order valence-electron chi connectivity index (χ3n) is 2.62. The molecule has 0 atom stereocenters. The fourth-order valence-corrected chi connectivity index (χ4v) is 1.61. The molecule has 1 heterocycles. The summed E-state index contributed by atoms with van der Waals surface area (Å²) >= 11 is 0. The summed E-state index contributed by atoms with van der Waals surface area (Å²) in [6, 6.07) is 0.569. The summed E-state index contributed by atoms with van der Waals surface area (Å²) in [5.74, 6) is -0.871. The molecule has 0 radical (unpaired) electrons. The predicted molar refractivity (Wildman–Crippen MR) is 70.4 cm³/mol. The summed E-state index contributed by atoms with van der Waals surface area (Å²) in [6.45, 7) is 2.49. The Hall–Kier alpha value is -1.68. The zero-order valence-corrected chi connectivity index (χ0v) is 12.5. The van der Waals surface area contributed by atoms with E-state index in [0.29, 0.717) is 30.6 Å². The van der Waals surface area contributed by atoms with E-state index >= 15 is 0 Å². The van der Waals surface area contributed by atoms with Crippen molar-refractivity contribution in [1.29, 1.82) is 0 Å². The topological polar surface area (TPSA) is 62.6 Å². The number of aromatic nitrogens is 2. The molecule has 0 fully saturated rings. The number of rotatable bonds is 11. The predicted octanol–water partition coefficient (Wildman–Crippen LogP) is 2.35. The lowest BCUT2D eigenvalue weighted by Gasteiger charge is -2.08. The molecule has 23 heavy (non-hydrogen) atoms. The van der Waals surface area contributed by atoms with Gasteiger partial charge in [-0.3, -0.25) is 9.48 Å². The number of esters is 1. The number of nitrogens with zero attached hydrogens (tertiary/aromatic N) is 2. The first-order chi connectivity index (χ1) is 11.0. The zero-order valence-electron chi connectivity index (χ0n) is 12.5. The minimum absolute atomic E-state index is 0.0854. The lowest BCUT2D eigenvalue weighted by molar-refractivity contribution is -0.146. The van der Waals surface area contributed by atoms with Crippen molar-refractivity contribution in [3.05, 3.63) is 17.5 Å². The highest BCUT2D eigenvalue weighted by molar-refractivity contribution is 5.69. The van der Waals surface area contributed by atoms with Crippen LogP contribution in [0.25, 0.3) is 0 Å². The van der Waals surface area contributed by atoms with E-state index in [9.17, 15) is 22.4 Å². The van der Waals surface area contributed by atoms with Gasteiger partial charge in [-0.05, 0) is 13.0 Å². The monoisotopic (exact) mass is 342 g/mol. The molecule has 0 saturated carbocycles. The average molecular weight is 342 g/mol. The van der Waals surface area contributed by atoms with Gasteiger partial charge >= 0.3 is 5.97 Å². The standard InChI is InChI=1S/C13H18F4N2O4/c1-2-21-3-4-22-5-6-23-11(20)8-19-10(13(16)17)7-9(18-19)12(14)15/h7,12-13H,2-6,8H2,1H3. The molecule has 0 aliphatic heterocycles. The summed E-state index contributed by atoms with van der Waals surface area (Å²) in [5, 5.41) is 3.29. The van der Waals surface area contributed by atoms with Gasteiger partial charge in [0.2, 0.25) is 0 Å². The Morgan fingerprint density at radius 2 is 1.78 bits per heavy atom. The maximum absolute atomic E-state index is 12.7. The van der Waals surface area contributed by atoms with Crippen molar-refractivity contribution in [1.82, 2.24) is 9.78 Å². The summed E-state index contributed by atoms with van der Waals surface area (Å²) in [7, 11) is 0. The van der Waals surface area contributed by atoms with Crippen molar-refractivity contribution >= 4 is 5.97 Å². The molecule has 10 heteroatoms. The fraction of sp³-hybridized carbons (Fsp3) is 0.692. The number of hydrogen-bond donors (Lipinski definition) is 0. The second-order valence-electron chi connectivity index (χ2n) is 4.28. The van der Waals surface area contributed by atoms with Crippen molar-refractivity contribution in [3.63, 3.8) is 0 Å². The van der Waals surface area contributed by atoms with Gasteiger partial charge in [-0.25, -0.2) is 17.6 Å². The first kappa shape index (κ1) is 19.4. The molecular formula is C13H18F4N2O4. The van der Waals surface area contributed by atoms with Gasteiger partial charge in [-0.1, -0.05) is 0 Å². The van der Waals surface area contributed by atoms with Crippen molar-refractivity contribution in [2.75, 3.05) is 33.0 Å². The van der Waals surface area contributed by atoms with Crippen molar-refractivity contribution in [3.8, 4) is 0 Å². The number of carbonyl (C=O) groups excluding carboxylic acids is 1. The average Bonchev–Trinajstić information content (AvgIpc) is 2.90. The van der Waals surface area contributed by atoms with E-state index < -0.39 is 36.8 Å². The van der Waals surface area contributed by atoms with Gasteiger partial charge in [0.15, 0.2) is 0 Å². The molecular weight excluding hydrogens is 324 g/mol. The Morgan fingerprint density at radius 1 is 1.13 bits per heavy atom. The van der Waals surface area contributed by atoms with E-state index in [4.69, 9.17) is 14.2 Å². The van der Waals surface area contributed by atoms with E-state index in [1.165, 1.54) is 0 Å². The molecule has 132 valence electrons. The van der Waals surface area contributed by atoms with Crippen LogP contribution in [0.15, 0.2) is 6.07 Å². The first-order valence-corrected chi connectivity index (χ1v) is 6.90. The number of carbonyl (C=O) groups is 1. The normalized spacial score (nSPS) is 11.4. The highest BCUT2D eigenvalue weighted by atomic mass is 19.3. The van der Waals surface area contributed by atoms with Gasteiger partial charge in [0.05, 0.1) is 19.8 Å². The van der Waals surface area contributed by atoms with Crippen molar-refractivity contribution in [2.24, 2.45) is 0 Å². The van der Waals surface area contributed by atoms with Crippen LogP contribution in [0.5, 0.6) is 0 Å². The Kier molecular flexibility index (Phi) is 8.56. The van der Waals surface area contributed by atoms with Gasteiger partial charge in [-0.2, -0.15) is 5.10 Å². The molecule has 0 aliphatic carbocycles. The van der Waals surface area contributed by atoms with E-state index in [2.05, 4.69) is 5.10 Å². The van der Waals surface area contributed by atoms with E-state index in [0.717, 1.165) is 0 Å². The molecule has 0 aromatic carbocycles. The Bertz CT molecular complexity index is 483. The van der Waals surface area contributed by atoms with Crippen LogP contribution in [0.2, 0.25) is 0 Å². The fourth-order valence-electron chi connectivity index (χ4n) is 1.61. The quantitative estimate of drug-likeness (QED) is 0.351. The lowest BCUT2D eigenvalue weighted by Crippen LogP contribution is -2.19. The van der Waals surface area contributed by atoms with Gasteiger partial charge in [0, 0.05) is 6.61 Å². The first-order valence-electron chi connectivity index (χ1n) is 6.90. The molecule has 6 nitrogen and oxygen atoms in total. The summed E-state index contributed by atoms with van der Waals surface area (Å²) in [5.41, 5.74) is -1.57. The van der Waals surface area contributed by atoms with E-state index in [1.54, 1.807) is 0 Å². The van der Waals surface area contributed by atoms with Crippen LogP contribution >= 0.6 is 0 Å². The molecule has 0 saturated heterocycles. The van der Waals surface area contributed by atoms with Gasteiger partial charge in [0.25, 0.3) is 12.9 Å². The van der Waals surface area contributed by atoms with E-state index in [1.807, 2.05) is 6.92 Å². The maximum Gasteiger partial charge on any atom is 0.327 e. The van der Waals surface area contributed by atoms with Crippen molar-refractivity contribution in [2.45, 2.75) is 26.3 Å². The second-order valence-corrected chi connectivity index (χ2v) is 4.28. The summed E-state index contributed by atoms with van der Waals surface area (Å²) in [4.78, 5) is 11.5. The van der Waals surface area contributed by atoms with Gasteiger partial charge in [-0.15, -0.1) is 0 Å². The Labute approximate surface area is 130 Å². The molecule has 0 aliphatic rings. The minimum atomic E-state index is -3.02. The zero-order chi connectivity index (χ0) is 17.2. The number of halogens is 4. The molecule has 0 N–H and O–H groups in total. The second kappa shape index (κ2) is 10.2. The molecule has 0 amide bonds. The van der Waals surface area contributed by atoms with Crippen LogP contribution in [-0.4, -0.2) is 48.8 Å². The van der Waals surface area contributed by atoms with Gasteiger partial charge in [0.1, 0.15) is 24.5 Å². The number of ether oxygens (including phenoxy) is 3. The summed E-state index contributed by atoms with van der Waals surface area (Å²) < 4.78 is 65.8. The molecule has 0 bridgehead atoms. The van der Waals surface area contributed by atoms with Crippen LogP contribution in [0.3, 0.4) is 0 Å². The van der Waals surface area contributed by atoms with Crippen LogP contribution in [0, 0.1) is 0 Å². The summed E-state index contributed by atoms with van der Waals surface area (Å²) in [6.07, 6.45) is -6.02. The number of hydrogen-bond acceptors (Lipinski definition) is 5. The van der Waals surface area contributed by atoms with Crippen LogP contribution in [0.4, 0.5) is 17.6 Å². The smallest absolute Gasteiger partial charge is 0.327 e. The minimum Gasteiger partial charge on any atom is -0.462 e. The molecule has 1 aromatic rings. The highest BCUT2D eigenvalue weighted by Gasteiger charge is 2.22. The Balaban J connectivity index is 2.39. The third kappa shape index (κ3) is 6.95. The highest BCUT2D eigenvalue weighted by Crippen LogP contribution is 2.24. The molecule has 0 unspecified atom stereocenters. The Morgan fingerprint density at radius 3 is 2.39 bits per heavy atom. The van der Waals surface area contributed by atoms with Gasteiger partial charge < -0.3 is 14.2 Å². The molecule has 1 rings (SSSR count). The lowest BCUT2D eigenvalue weighted by atomic mass is 10.3. The molecule has 1 aromatic heterocycles. The number of alkyl halides is 4. The molecule has 0 spiro atoms. The SMILES string of the molecule is CCOCCOCCOC(=O)Cn1nc(C(F)F)cc1C(F)F. The largest absolute Gasteiger partial charge is 0.462 e.